The summed E-state index contributed by atoms with van der Waals surface area (Å²) in [5.41, 5.74) is 6.95. The zero-order valence-electron chi connectivity index (χ0n) is 12.0. The zero-order chi connectivity index (χ0) is 13.9. The van der Waals surface area contributed by atoms with Crippen molar-refractivity contribution in [2.45, 2.75) is 50.3 Å². The molecular weight excluding hydrogens is 256 g/mol. The van der Waals surface area contributed by atoms with E-state index in [4.69, 9.17) is 5.73 Å². The molecule has 5 heteroatoms. The van der Waals surface area contributed by atoms with Crippen LogP contribution in [0, 0.1) is 0 Å². The van der Waals surface area contributed by atoms with Crippen LogP contribution in [-0.2, 0) is 0 Å². The van der Waals surface area contributed by atoms with Gasteiger partial charge in [0, 0.05) is 40.8 Å². The van der Waals surface area contributed by atoms with Crippen LogP contribution in [0.5, 0.6) is 0 Å². The third-order valence-electron chi connectivity index (χ3n) is 3.22. The molecule has 0 amide bonds. The number of hydrogen-bond donors (Lipinski definition) is 2. The van der Waals surface area contributed by atoms with E-state index in [0.29, 0.717) is 16.7 Å². The highest BCUT2D eigenvalue weighted by Crippen LogP contribution is 2.34. The normalized spacial score (nSPS) is 22.9. The minimum atomic E-state index is 0.320. The van der Waals surface area contributed by atoms with Crippen molar-refractivity contribution in [3.8, 4) is 0 Å². The summed E-state index contributed by atoms with van der Waals surface area (Å²) in [6.07, 6.45) is 3.76. The summed E-state index contributed by atoms with van der Waals surface area (Å²) in [6.45, 7) is 7.64. The predicted octanol–water partition coefficient (Wildman–Crippen LogP) is 2.62. The first-order chi connectivity index (χ1) is 8.94. The van der Waals surface area contributed by atoms with E-state index in [0.717, 1.165) is 36.7 Å². The van der Waals surface area contributed by atoms with Gasteiger partial charge in [0.05, 0.1) is 0 Å². The van der Waals surface area contributed by atoms with Crippen LogP contribution in [0.1, 0.15) is 45.2 Å². The fourth-order valence-corrected chi connectivity index (χ4v) is 2.95. The summed E-state index contributed by atoms with van der Waals surface area (Å²) >= 11 is 1.96. The molecule has 0 aliphatic heterocycles. The zero-order valence-corrected chi connectivity index (χ0v) is 12.8. The lowest BCUT2D eigenvalue weighted by atomic mass is 9.79. The van der Waals surface area contributed by atoms with Gasteiger partial charge in [0.25, 0.3) is 0 Å². The number of nitrogens with one attached hydrogen (secondary N) is 1. The SMILES string of the molecule is CC(C)(C)SCCNc1cc(C2CC(N)C2)ncn1. The lowest BCUT2D eigenvalue weighted by molar-refractivity contribution is 0.345. The van der Waals surface area contributed by atoms with Crippen LogP contribution in [0.2, 0.25) is 0 Å². The monoisotopic (exact) mass is 280 g/mol. The molecule has 0 spiro atoms. The molecular formula is C14H24N4S. The highest BCUT2D eigenvalue weighted by atomic mass is 32.2. The summed E-state index contributed by atoms with van der Waals surface area (Å²) < 4.78 is 0.320. The van der Waals surface area contributed by atoms with Gasteiger partial charge in [-0.25, -0.2) is 9.97 Å². The van der Waals surface area contributed by atoms with Crippen LogP contribution in [0.4, 0.5) is 5.82 Å². The van der Waals surface area contributed by atoms with Crippen molar-refractivity contribution in [3.05, 3.63) is 18.1 Å². The van der Waals surface area contributed by atoms with E-state index in [1.807, 2.05) is 11.8 Å². The number of aromatic nitrogens is 2. The van der Waals surface area contributed by atoms with Gasteiger partial charge in [-0.2, -0.15) is 11.8 Å². The Morgan fingerprint density at radius 3 is 2.74 bits per heavy atom. The molecule has 1 aliphatic carbocycles. The molecule has 0 aromatic carbocycles. The molecule has 4 nitrogen and oxygen atoms in total. The highest BCUT2D eigenvalue weighted by molar-refractivity contribution is 8.00. The topological polar surface area (TPSA) is 63.8 Å². The largest absolute Gasteiger partial charge is 0.369 e. The van der Waals surface area contributed by atoms with Crippen LogP contribution >= 0.6 is 11.8 Å². The van der Waals surface area contributed by atoms with Crippen LogP contribution < -0.4 is 11.1 Å². The van der Waals surface area contributed by atoms with E-state index >= 15 is 0 Å². The number of nitrogens with zero attached hydrogens (tertiary/aromatic N) is 2. The molecule has 0 bridgehead atoms. The minimum Gasteiger partial charge on any atom is -0.369 e. The second-order valence-electron chi connectivity index (χ2n) is 6.14. The second-order valence-corrected chi connectivity index (χ2v) is 8.07. The number of rotatable bonds is 5. The van der Waals surface area contributed by atoms with Gasteiger partial charge in [0.2, 0.25) is 0 Å². The second kappa shape index (κ2) is 6.09. The van der Waals surface area contributed by atoms with Crippen LogP contribution in [-0.4, -0.2) is 33.1 Å². The van der Waals surface area contributed by atoms with Crippen molar-refractivity contribution in [3.63, 3.8) is 0 Å². The highest BCUT2D eigenvalue weighted by Gasteiger charge is 2.28. The van der Waals surface area contributed by atoms with Crippen molar-refractivity contribution in [1.29, 1.82) is 0 Å². The molecule has 1 saturated carbocycles. The molecule has 0 unspecified atom stereocenters. The standard InChI is InChI=1S/C14H24N4S/c1-14(2,3)19-5-4-16-13-8-12(17-9-18-13)10-6-11(15)7-10/h8-11H,4-7,15H2,1-3H3,(H,16,17,18). The van der Waals surface area contributed by atoms with Gasteiger partial charge in [-0.1, -0.05) is 20.8 Å². The van der Waals surface area contributed by atoms with Gasteiger partial charge in [-0.15, -0.1) is 0 Å². The third-order valence-corrected chi connectivity index (χ3v) is 4.50. The van der Waals surface area contributed by atoms with Gasteiger partial charge in [0.1, 0.15) is 12.1 Å². The Labute approximate surface area is 120 Å². The predicted molar refractivity (Wildman–Crippen MR) is 82.7 cm³/mol. The molecule has 3 N–H and O–H groups in total. The van der Waals surface area contributed by atoms with E-state index < -0.39 is 0 Å². The summed E-state index contributed by atoms with van der Waals surface area (Å²) in [5, 5.41) is 3.37. The first-order valence-electron chi connectivity index (χ1n) is 6.89. The molecule has 1 heterocycles. The van der Waals surface area contributed by atoms with Crippen molar-refractivity contribution in [2.75, 3.05) is 17.6 Å². The molecule has 2 rings (SSSR count). The fraction of sp³-hybridized carbons (Fsp3) is 0.714. The van der Waals surface area contributed by atoms with Gasteiger partial charge in [-0.05, 0) is 12.8 Å². The van der Waals surface area contributed by atoms with Crippen molar-refractivity contribution < 1.29 is 0 Å². The summed E-state index contributed by atoms with van der Waals surface area (Å²) in [6, 6.07) is 2.43. The number of hydrogen-bond acceptors (Lipinski definition) is 5. The molecule has 19 heavy (non-hydrogen) atoms. The Balaban J connectivity index is 1.79. The average molecular weight is 280 g/mol. The Morgan fingerprint density at radius 2 is 2.11 bits per heavy atom. The molecule has 1 aromatic rings. The summed E-state index contributed by atoms with van der Waals surface area (Å²) in [7, 11) is 0. The first-order valence-corrected chi connectivity index (χ1v) is 7.88. The molecule has 0 atom stereocenters. The molecule has 0 radical (unpaired) electrons. The lowest BCUT2D eigenvalue weighted by Gasteiger charge is -2.31. The molecule has 1 aliphatic rings. The Kier molecular flexibility index (Phi) is 4.68. The molecule has 1 fully saturated rings. The number of nitrogens with two attached hydrogens (primary N) is 1. The Hall–Kier alpha value is -0.810. The van der Waals surface area contributed by atoms with Gasteiger partial charge >= 0.3 is 0 Å². The van der Waals surface area contributed by atoms with E-state index in [1.165, 1.54) is 0 Å². The van der Waals surface area contributed by atoms with E-state index in [9.17, 15) is 0 Å². The van der Waals surface area contributed by atoms with Gasteiger partial charge < -0.3 is 11.1 Å². The Morgan fingerprint density at radius 1 is 1.37 bits per heavy atom. The quantitative estimate of drug-likeness (QED) is 0.812. The fourth-order valence-electron chi connectivity index (χ4n) is 2.13. The molecule has 0 saturated heterocycles. The number of anilines is 1. The lowest BCUT2D eigenvalue weighted by Crippen LogP contribution is -2.35. The van der Waals surface area contributed by atoms with Crippen LogP contribution in [0.3, 0.4) is 0 Å². The maximum atomic E-state index is 5.82. The molecule has 106 valence electrons. The average Bonchev–Trinajstić information content (AvgIpc) is 2.30. The smallest absolute Gasteiger partial charge is 0.129 e. The number of thioether (sulfide) groups is 1. The van der Waals surface area contributed by atoms with Gasteiger partial charge in [0.15, 0.2) is 0 Å². The van der Waals surface area contributed by atoms with Gasteiger partial charge in [-0.3, -0.25) is 0 Å². The third kappa shape index (κ3) is 4.66. The summed E-state index contributed by atoms with van der Waals surface area (Å²) in [4.78, 5) is 8.62. The maximum Gasteiger partial charge on any atom is 0.129 e. The van der Waals surface area contributed by atoms with Crippen molar-refractivity contribution >= 4 is 17.6 Å². The maximum absolute atomic E-state index is 5.82. The van der Waals surface area contributed by atoms with E-state index in [2.05, 4.69) is 42.1 Å². The Bertz CT molecular complexity index is 410. The van der Waals surface area contributed by atoms with Crippen LogP contribution in [0.25, 0.3) is 0 Å². The molecule has 1 aromatic heterocycles. The van der Waals surface area contributed by atoms with Crippen LogP contribution in [0.15, 0.2) is 12.4 Å². The summed E-state index contributed by atoms with van der Waals surface area (Å²) in [5.74, 6) is 2.54. The van der Waals surface area contributed by atoms with Crippen molar-refractivity contribution in [1.82, 2.24) is 9.97 Å². The van der Waals surface area contributed by atoms with E-state index in [1.54, 1.807) is 6.33 Å². The van der Waals surface area contributed by atoms with Crippen molar-refractivity contribution in [2.24, 2.45) is 5.73 Å². The first kappa shape index (κ1) is 14.6. The van der Waals surface area contributed by atoms with E-state index in [-0.39, 0.29) is 0 Å². The minimum absolute atomic E-state index is 0.320.